The highest BCUT2D eigenvalue weighted by Crippen LogP contribution is 2.36. The number of hydrogen-bond donors (Lipinski definition) is 0. The number of carbonyl (C=O) groups is 1. The smallest absolute Gasteiger partial charge is 0.410 e. The third kappa shape index (κ3) is 7.37. The van der Waals surface area contributed by atoms with Crippen molar-refractivity contribution in [3.8, 4) is 0 Å². The fourth-order valence-electron chi connectivity index (χ4n) is 4.67. The van der Waals surface area contributed by atoms with Gasteiger partial charge in [0.2, 0.25) is 0 Å². The van der Waals surface area contributed by atoms with Gasteiger partial charge in [-0.1, -0.05) is 60.7 Å². The van der Waals surface area contributed by atoms with Gasteiger partial charge in [-0.25, -0.2) is 4.79 Å². The van der Waals surface area contributed by atoms with E-state index in [1.54, 1.807) is 0 Å². The number of amides is 1. The highest BCUT2D eigenvalue weighted by molar-refractivity contribution is 5.68. The van der Waals surface area contributed by atoms with Crippen molar-refractivity contribution < 1.29 is 9.53 Å². The van der Waals surface area contributed by atoms with Crippen LogP contribution in [0.1, 0.15) is 65.0 Å². The fraction of sp³-hybridized carbons (Fsp3) is 0.536. The summed E-state index contributed by atoms with van der Waals surface area (Å²) in [6.45, 7) is 13.9. The molecule has 0 radical (unpaired) electrons. The van der Waals surface area contributed by atoms with Gasteiger partial charge in [0, 0.05) is 31.7 Å². The molecule has 1 saturated heterocycles. The van der Waals surface area contributed by atoms with Gasteiger partial charge < -0.3 is 9.64 Å². The minimum Gasteiger partial charge on any atom is -0.444 e. The van der Waals surface area contributed by atoms with E-state index in [4.69, 9.17) is 4.74 Å². The van der Waals surface area contributed by atoms with Crippen LogP contribution in [0.5, 0.6) is 0 Å². The molecule has 32 heavy (non-hydrogen) atoms. The van der Waals surface area contributed by atoms with Crippen LogP contribution in [-0.2, 0) is 17.8 Å². The fourth-order valence-corrected chi connectivity index (χ4v) is 4.67. The van der Waals surface area contributed by atoms with Gasteiger partial charge in [0.05, 0.1) is 0 Å². The molecule has 0 spiro atoms. The third-order valence-corrected chi connectivity index (χ3v) is 6.25. The van der Waals surface area contributed by atoms with Crippen LogP contribution >= 0.6 is 0 Å². The zero-order valence-corrected chi connectivity index (χ0v) is 20.5. The van der Waals surface area contributed by atoms with Crippen molar-refractivity contribution in [3.05, 3.63) is 71.8 Å². The zero-order chi connectivity index (χ0) is 23.2. The van der Waals surface area contributed by atoms with Crippen LogP contribution < -0.4 is 0 Å². The summed E-state index contributed by atoms with van der Waals surface area (Å²) >= 11 is 0. The van der Waals surface area contributed by atoms with Crippen molar-refractivity contribution in [1.82, 2.24) is 9.80 Å². The van der Waals surface area contributed by atoms with Gasteiger partial charge in [-0.15, -0.1) is 0 Å². The summed E-state index contributed by atoms with van der Waals surface area (Å²) in [5.41, 5.74) is 2.23. The van der Waals surface area contributed by atoms with E-state index < -0.39 is 5.60 Å². The van der Waals surface area contributed by atoms with Crippen LogP contribution in [0.4, 0.5) is 4.79 Å². The molecule has 174 valence electrons. The summed E-state index contributed by atoms with van der Waals surface area (Å²) in [7, 11) is 0. The highest BCUT2D eigenvalue weighted by atomic mass is 16.6. The monoisotopic (exact) mass is 436 g/mol. The van der Waals surface area contributed by atoms with Gasteiger partial charge in [-0.05, 0) is 70.9 Å². The molecule has 4 heteroatoms. The Bertz CT molecular complexity index is 843. The molecular weight excluding hydrogens is 396 g/mol. The first-order valence-electron chi connectivity index (χ1n) is 11.9. The van der Waals surface area contributed by atoms with Crippen molar-refractivity contribution in [2.45, 2.75) is 78.1 Å². The molecule has 2 aromatic carbocycles. The Kier molecular flexibility index (Phi) is 8.00. The number of hydrogen-bond acceptors (Lipinski definition) is 3. The SMILES string of the molecule is CC(C)(C)OC(=O)N(CCC[C@@H]1CN(Cc2ccccc2)C(C)(C)C1)Cc1ccccc1. The molecule has 0 aromatic heterocycles. The summed E-state index contributed by atoms with van der Waals surface area (Å²) in [5.74, 6) is 0.658. The normalized spacial score (nSPS) is 18.5. The van der Waals surface area contributed by atoms with E-state index >= 15 is 0 Å². The van der Waals surface area contributed by atoms with Gasteiger partial charge >= 0.3 is 6.09 Å². The van der Waals surface area contributed by atoms with Crippen LogP contribution in [-0.4, -0.2) is 40.1 Å². The lowest BCUT2D eigenvalue weighted by Crippen LogP contribution is -2.37. The highest BCUT2D eigenvalue weighted by Gasteiger charge is 2.37. The van der Waals surface area contributed by atoms with Crippen LogP contribution in [0.2, 0.25) is 0 Å². The van der Waals surface area contributed by atoms with Gasteiger partial charge in [-0.3, -0.25) is 4.90 Å². The number of ether oxygens (including phenoxy) is 1. The van der Waals surface area contributed by atoms with E-state index in [2.05, 4.69) is 61.2 Å². The second-order valence-corrected chi connectivity index (χ2v) is 10.8. The van der Waals surface area contributed by atoms with Crippen LogP contribution in [0.15, 0.2) is 60.7 Å². The largest absolute Gasteiger partial charge is 0.444 e. The number of nitrogens with zero attached hydrogens (tertiary/aromatic N) is 2. The maximum absolute atomic E-state index is 12.8. The molecule has 4 nitrogen and oxygen atoms in total. The molecule has 1 amide bonds. The number of benzene rings is 2. The van der Waals surface area contributed by atoms with Gasteiger partial charge in [0.15, 0.2) is 0 Å². The maximum atomic E-state index is 12.8. The Morgan fingerprint density at radius 3 is 2.22 bits per heavy atom. The van der Waals surface area contributed by atoms with Gasteiger partial charge in [0.1, 0.15) is 5.60 Å². The molecule has 1 aliphatic heterocycles. The summed E-state index contributed by atoms with van der Waals surface area (Å²) < 4.78 is 5.69. The molecule has 1 aliphatic rings. The lowest BCUT2D eigenvalue weighted by molar-refractivity contribution is 0.0228. The average Bonchev–Trinajstić information content (AvgIpc) is 3.00. The molecule has 0 unspecified atom stereocenters. The van der Waals surface area contributed by atoms with Crippen molar-refractivity contribution in [1.29, 1.82) is 0 Å². The van der Waals surface area contributed by atoms with Gasteiger partial charge in [-0.2, -0.15) is 0 Å². The minimum absolute atomic E-state index is 0.204. The quantitative estimate of drug-likeness (QED) is 0.473. The van der Waals surface area contributed by atoms with Crippen molar-refractivity contribution in [2.24, 2.45) is 5.92 Å². The van der Waals surface area contributed by atoms with E-state index in [0.29, 0.717) is 12.5 Å². The van der Waals surface area contributed by atoms with Gasteiger partial charge in [0.25, 0.3) is 0 Å². The van der Waals surface area contributed by atoms with E-state index in [-0.39, 0.29) is 11.6 Å². The second-order valence-electron chi connectivity index (χ2n) is 10.8. The number of likely N-dealkylation sites (tertiary alicyclic amines) is 1. The summed E-state index contributed by atoms with van der Waals surface area (Å²) in [4.78, 5) is 17.3. The second kappa shape index (κ2) is 10.5. The summed E-state index contributed by atoms with van der Waals surface area (Å²) in [6.07, 6.45) is 3.10. The van der Waals surface area contributed by atoms with Crippen molar-refractivity contribution >= 4 is 6.09 Å². The molecule has 0 N–H and O–H groups in total. The summed E-state index contributed by atoms with van der Waals surface area (Å²) in [5, 5.41) is 0. The number of rotatable bonds is 8. The maximum Gasteiger partial charge on any atom is 0.410 e. The Balaban J connectivity index is 1.55. The first kappa shape index (κ1) is 24.3. The van der Waals surface area contributed by atoms with Crippen molar-refractivity contribution in [2.75, 3.05) is 13.1 Å². The Labute approximate surface area is 194 Å². The predicted octanol–water partition coefficient (Wildman–Crippen LogP) is 6.50. The summed E-state index contributed by atoms with van der Waals surface area (Å²) in [6, 6.07) is 20.9. The van der Waals surface area contributed by atoms with Crippen molar-refractivity contribution in [3.63, 3.8) is 0 Å². The van der Waals surface area contributed by atoms with E-state index in [1.807, 2.05) is 43.9 Å². The van der Waals surface area contributed by atoms with E-state index in [9.17, 15) is 4.79 Å². The molecule has 1 fully saturated rings. The molecular formula is C28H40N2O2. The lowest BCUT2D eigenvalue weighted by atomic mass is 9.93. The standard InChI is InChI=1S/C28H40N2O2/c1-27(2,3)32-26(31)29(20-23-13-8-6-9-14-23)18-12-17-25-19-28(4,5)30(22-25)21-24-15-10-7-11-16-24/h6-11,13-16,25H,12,17-22H2,1-5H3/t25-/m0/s1. The Morgan fingerprint density at radius 2 is 1.62 bits per heavy atom. The first-order chi connectivity index (χ1) is 15.1. The average molecular weight is 437 g/mol. The Hall–Kier alpha value is -2.33. The Morgan fingerprint density at radius 1 is 1.03 bits per heavy atom. The molecule has 0 bridgehead atoms. The lowest BCUT2D eigenvalue weighted by Gasteiger charge is -2.31. The molecule has 0 aliphatic carbocycles. The third-order valence-electron chi connectivity index (χ3n) is 6.25. The zero-order valence-electron chi connectivity index (χ0n) is 20.5. The predicted molar refractivity (Wildman–Crippen MR) is 131 cm³/mol. The van der Waals surface area contributed by atoms with E-state index in [0.717, 1.165) is 38.0 Å². The van der Waals surface area contributed by atoms with Crippen LogP contribution in [0, 0.1) is 5.92 Å². The van der Waals surface area contributed by atoms with E-state index in [1.165, 1.54) is 12.0 Å². The molecule has 3 rings (SSSR count). The molecule has 0 saturated carbocycles. The first-order valence-corrected chi connectivity index (χ1v) is 11.9. The minimum atomic E-state index is -0.487. The topological polar surface area (TPSA) is 32.8 Å². The van der Waals surface area contributed by atoms with Crippen LogP contribution in [0.25, 0.3) is 0 Å². The number of carbonyl (C=O) groups excluding carboxylic acids is 1. The molecule has 2 aromatic rings. The molecule has 1 heterocycles. The van der Waals surface area contributed by atoms with Crippen LogP contribution in [0.3, 0.4) is 0 Å². The molecule has 1 atom stereocenters.